The van der Waals surface area contributed by atoms with Crippen molar-refractivity contribution in [1.29, 1.82) is 0 Å². The fourth-order valence-corrected chi connectivity index (χ4v) is 3.06. The molecule has 1 rings (SSSR count). The number of benzene rings is 1. The van der Waals surface area contributed by atoms with Gasteiger partial charge in [0.25, 0.3) is 0 Å². The molecule has 0 amide bonds. The van der Waals surface area contributed by atoms with Crippen molar-refractivity contribution in [3.63, 3.8) is 0 Å². The molecule has 0 fully saturated rings. The normalized spacial score (nSPS) is 11.8. The van der Waals surface area contributed by atoms with Gasteiger partial charge in [-0.25, -0.2) is 13.1 Å². The Labute approximate surface area is 115 Å². The van der Waals surface area contributed by atoms with Gasteiger partial charge >= 0.3 is 0 Å². The third-order valence-corrected chi connectivity index (χ3v) is 4.80. The van der Waals surface area contributed by atoms with Crippen LogP contribution >= 0.6 is 34.8 Å². The third-order valence-electron chi connectivity index (χ3n) is 1.89. The first-order valence-corrected chi connectivity index (χ1v) is 7.14. The molecule has 0 aliphatic carbocycles. The molecule has 0 spiro atoms. The van der Waals surface area contributed by atoms with Gasteiger partial charge in [-0.05, 0) is 12.1 Å². The Morgan fingerprint density at radius 2 is 1.88 bits per heavy atom. The van der Waals surface area contributed by atoms with Crippen LogP contribution in [-0.4, -0.2) is 28.7 Å². The summed E-state index contributed by atoms with van der Waals surface area (Å²) in [6.07, 6.45) is 0. The average molecular weight is 319 g/mol. The standard InChI is InChI=1S/C9H10Cl3NO3S/c1-16-5-4-13-17(14,15)7-3-2-6(10)8(11)9(7)12/h2-3,13H,4-5H2,1H3. The molecule has 0 saturated heterocycles. The molecule has 17 heavy (non-hydrogen) atoms. The summed E-state index contributed by atoms with van der Waals surface area (Å²) in [4.78, 5) is -0.107. The van der Waals surface area contributed by atoms with Crippen molar-refractivity contribution in [3.8, 4) is 0 Å². The number of sulfonamides is 1. The quantitative estimate of drug-likeness (QED) is 0.670. The molecule has 4 nitrogen and oxygen atoms in total. The van der Waals surface area contributed by atoms with Crippen LogP contribution in [0.3, 0.4) is 0 Å². The van der Waals surface area contributed by atoms with Crippen LogP contribution in [0.2, 0.25) is 15.1 Å². The molecule has 0 bridgehead atoms. The molecule has 96 valence electrons. The lowest BCUT2D eigenvalue weighted by Gasteiger charge is -2.09. The van der Waals surface area contributed by atoms with Crippen molar-refractivity contribution < 1.29 is 13.2 Å². The van der Waals surface area contributed by atoms with Crippen LogP contribution in [0.15, 0.2) is 17.0 Å². The number of halogens is 3. The van der Waals surface area contributed by atoms with Crippen molar-refractivity contribution >= 4 is 44.8 Å². The molecule has 1 aromatic carbocycles. The molecule has 0 aliphatic heterocycles. The summed E-state index contributed by atoms with van der Waals surface area (Å²) in [7, 11) is -2.23. The van der Waals surface area contributed by atoms with Crippen molar-refractivity contribution in [2.75, 3.05) is 20.3 Å². The van der Waals surface area contributed by atoms with E-state index in [1.165, 1.54) is 19.2 Å². The van der Waals surface area contributed by atoms with Gasteiger partial charge in [-0.15, -0.1) is 0 Å². The van der Waals surface area contributed by atoms with Crippen molar-refractivity contribution in [2.45, 2.75) is 4.90 Å². The predicted molar refractivity (Wildman–Crippen MR) is 68.5 cm³/mol. The SMILES string of the molecule is COCCNS(=O)(=O)c1ccc(Cl)c(Cl)c1Cl. The highest BCUT2D eigenvalue weighted by Gasteiger charge is 2.20. The van der Waals surface area contributed by atoms with Crippen LogP contribution in [0.25, 0.3) is 0 Å². The first-order valence-electron chi connectivity index (χ1n) is 4.52. The van der Waals surface area contributed by atoms with Gasteiger partial charge in [0.2, 0.25) is 10.0 Å². The first kappa shape index (κ1) is 15.0. The maximum Gasteiger partial charge on any atom is 0.242 e. The number of ether oxygens (including phenoxy) is 1. The van der Waals surface area contributed by atoms with Crippen LogP contribution in [0, 0.1) is 0 Å². The summed E-state index contributed by atoms with van der Waals surface area (Å²) in [5.41, 5.74) is 0. The van der Waals surface area contributed by atoms with E-state index in [2.05, 4.69) is 4.72 Å². The summed E-state index contributed by atoms with van der Waals surface area (Å²) in [5.74, 6) is 0. The molecule has 0 atom stereocenters. The monoisotopic (exact) mass is 317 g/mol. The summed E-state index contributed by atoms with van der Waals surface area (Å²) in [5, 5.41) is 0.125. The van der Waals surface area contributed by atoms with E-state index in [1.54, 1.807) is 0 Å². The molecular formula is C9H10Cl3NO3S. The maximum absolute atomic E-state index is 11.8. The van der Waals surface area contributed by atoms with Crippen molar-refractivity contribution in [3.05, 3.63) is 27.2 Å². The molecule has 0 heterocycles. The Bertz CT molecular complexity index is 504. The van der Waals surface area contributed by atoms with Crippen molar-refractivity contribution in [1.82, 2.24) is 4.72 Å². The maximum atomic E-state index is 11.8. The number of nitrogens with one attached hydrogen (secondary N) is 1. The van der Waals surface area contributed by atoms with Crippen LogP contribution in [-0.2, 0) is 14.8 Å². The summed E-state index contributed by atoms with van der Waals surface area (Å²) < 4.78 is 30.7. The first-order chi connectivity index (χ1) is 7.90. The van der Waals surface area contributed by atoms with E-state index in [-0.39, 0.29) is 33.1 Å². The zero-order chi connectivity index (χ0) is 13.1. The summed E-state index contributed by atoms with van der Waals surface area (Å²) in [6, 6.07) is 2.67. The smallest absolute Gasteiger partial charge is 0.242 e. The predicted octanol–water partition coefficient (Wildman–Crippen LogP) is 2.57. The third kappa shape index (κ3) is 3.71. The van der Waals surface area contributed by atoms with Gasteiger partial charge in [0.15, 0.2) is 0 Å². The van der Waals surface area contributed by atoms with E-state index in [9.17, 15) is 8.42 Å². The lowest BCUT2D eigenvalue weighted by atomic mass is 10.4. The molecule has 0 unspecified atom stereocenters. The molecule has 0 aliphatic rings. The summed E-state index contributed by atoms with van der Waals surface area (Å²) in [6.45, 7) is 0.410. The lowest BCUT2D eigenvalue weighted by Crippen LogP contribution is -2.27. The number of methoxy groups -OCH3 is 1. The average Bonchev–Trinajstić information content (AvgIpc) is 2.26. The van der Waals surface area contributed by atoms with Gasteiger partial charge < -0.3 is 4.74 Å². The molecule has 0 radical (unpaired) electrons. The van der Waals surface area contributed by atoms with E-state index in [1.807, 2.05) is 0 Å². The van der Waals surface area contributed by atoms with Crippen LogP contribution in [0.5, 0.6) is 0 Å². The van der Waals surface area contributed by atoms with Gasteiger partial charge in [0.1, 0.15) is 4.90 Å². The van der Waals surface area contributed by atoms with Crippen LogP contribution in [0.1, 0.15) is 0 Å². The number of rotatable bonds is 5. The second-order valence-corrected chi connectivity index (χ2v) is 5.96. The Kier molecular flexibility index (Phi) is 5.50. The van der Waals surface area contributed by atoms with Gasteiger partial charge in [-0.1, -0.05) is 34.8 Å². The number of hydrogen-bond donors (Lipinski definition) is 1. The molecule has 0 aromatic heterocycles. The Morgan fingerprint density at radius 1 is 1.24 bits per heavy atom. The number of hydrogen-bond acceptors (Lipinski definition) is 3. The Morgan fingerprint density at radius 3 is 2.47 bits per heavy atom. The van der Waals surface area contributed by atoms with E-state index in [0.717, 1.165) is 0 Å². The van der Waals surface area contributed by atoms with E-state index in [4.69, 9.17) is 39.5 Å². The topological polar surface area (TPSA) is 55.4 Å². The fourth-order valence-electron chi connectivity index (χ4n) is 1.07. The lowest BCUT2D eigenvalue weighted by molar-refractivity contribution is 0.204. The van der Waals surface area contributed by atoms with Crippen LogP contribution < -0.4 is 4.72 Å². The minimum Gasteiger partial charge on any atom is -0.383 e. The molecular weight excluding hydrogens is 309 g/mol. The largest absolute Gasteiger partial charge is 0.383 e. The minimum absolute atomic E-state index is 0.0166. The minimum atomic E-state index is -3.71. The zero-order valence-corrected chi connectivity index (χ0v) is 11.9. The van der Waals surface area contributed by atoms with Gasteiger partial charge in [-0.3, -0.25) is 0 Å². The second kappa shape index (κ2) is 6.22. The second-order valence-electron chi connectivity index (χ2n) is 3.06. The van der Waals surface area contributed by atoms with Gasteiger partial charge in [0.05, 0.1) is 21.7 Å². The molecule has 8 heteroatoms. The molecule has 0 saturated carbocycles. The Balaban J connectivity index is 3.04. The highest BCUT2D eigenvalue weighted by Crippen LogP contribution is 2.34. The van der Waals surface area contributed by atoms with Crippen LogP contribution in [0.4, 0.5) is 0 Å². The highest BCUT2D eigenvalue weighted by molar-refractivity contribution is 7.89. The van der Waals surface area contributed by atoms with Crippen molar-refractivity contribution in [2.24, 2.45) is 0 Å². The zero-order valence-electron chi connectivity index (χ0n) is 8.84. The summed E-state index contributed by atoms with van der Waals surface area (Å²) >= 11 is 17.3. The van der Waals surface area contributed by atoms with E-state index in [0.29, 0.717) is 0 Å². The van der Waals surface area contributed by atoms with Gasteiger partial charge in [-0.2, -0.15) is 0 Å². The molecule has 1 aromatic rings. The molecule has 1 N–H and O–H groups in total. The highest BCUT2D eigenvalue weighted by atomic mass is 35.5. The fraction of sp³-hybridized carbons (Fsp3) is 0.333. The van der Waals surface area contributed by atoms with E-state index >= 15 is 0 Å². The van der Waals surface area contributed by atoms with Gasteiger partial charge in [0, 0.05) is 13.7 Å². The Hall–Kier alpha value is -0.0400. The van der Waals surface area contributed by atoms with E-state index < -0.39 is 10.0 Å².